The van der Waals surface area contributed by atoms with Crippen molar-refractivity contribution in [2.24, 2.45) is 22.0 Å². The Morgan fingerprint density at radius 1 is 0.773 bits per heavy atom. The summed E-state index contributed by atoms with van der Waals surface area (Å²) in [6.07, 6.45) is 2.26. The molecule has 2 heteroatoms. The van der Waals surface area contributed by atoms with Gasteiger partial charge in [-0.3, -0.25) is 0 Å². The Morgan fingerprint density at radius 2 is 1.18 bits per heavy atom. The van der Waals surface area contributed by atoms with E-state index in [1.807, 2.05) is 0 Å². The molecule has 134 valence electrons. The smallest absolute Gasteiger partial charge is 0.0149 e. The van der Waals surface area contributed by atoms with E-state index in [4.69, 9.17) is 5.73 Å². The summed E-state index contributed by atoms with van der Waals surface area (Å²) in [5, 5.41) is 3.89. The molecule has 0 fully saturated rings. The Hall–Kier alpha value is -0.0800. The fourth-order valence-electron chi connectivity index (χ4n) is 3.69. The van der Waals surface area contributed by atoms with Crippen LogP contribution in [-0.4, -0.2) is 17.1 Å². The van der Waals surface area contributed by atoms with E-state index in [1.165, 1.54) is 6.42 Å². The van der Waals surface area contributed by atoms with Gasteiger partial charge in [0.05, 0.1) is 0 Å². The summed E-state index contributed by atoms with van der Waals surface area (Å²) in [4.78, 5) is 0. The first-order valence-electron chi connectivity index (χ1n) is 8.86. The highest BCUT2D eigenvalue weighted by Gasteiger charge is 2.40. The van der Waals surface area contributed by atoms with Crippen molar-refractivity contribution >= 4 is 0 Å². The van der Waals surface area contributed by atoms with Crippen molar-refractivity contribution in [2.45, 2.75) is 113 Å². The van der Waals surface area contributed by atoms with E-state index in [-0.39, 0.29) is 21.9 Å². The SMILES string of the molecule is CC(NC(C)(C)CC(C)(C)C(C)(C)N)C(C)(C)CC(C)(C)C. The van der Waals surface area contributed by atoms with Gasteiger partial charge in [-0.15, -0.1) is 0 Å². The van der Waals surface area contributed by atoms with Gasteiger partial charge in [-0.05, 0) is 63.7 Å². The molecule has 1 atom stereocenters. The standard InChI is InChI=1S/C20H44N2/c1-15(17(5,6)13-16(2,3)4)22-19(9,10)14-18(7,8)20(11,12)21/h15,22H,13-14,21H2,1-12H3. The summed E-state index contributed by atoms with van der Waals surface area (Å²) in [5.41, 5.74) is 6.96. The minimum atomic E-state index is -0.184. The van der Waals surface area contributed by atoms with Crippen LogP contribution in [0.5, 0.6) is 0 Å². The Kier molecular flexibility index (Phi) is 6.41. The normalized spacial score (nSPS) is 16.8. The predicted molar refractivity (Wildman–Crippen MR) is 101 cm³/mol. The van der Waals surface area contributed by atoms with Crippen molar-refractivity contribution in [3.05, 3.63) is 0 Å². The van der Waals surface area contributed by atoms with E-state index in [2.05, 4.69) is 88.4 Å². The molecule has 0 aromatic heterocycles. The Labute approximate surface area is 141 Å². The minimum Gasteiger partial charge on any atom is -0.325 e. The number of nitrogens with one attached hydrogen (secondary N) is 1. The molecule has 0 bridgehead atoms. The second-order valence-corrected chi connectivity index (χ2v) is 11.3. The minimum absolute atomic E-state index is 0.0642. The monoisotopic (exact) mass is 312 g/mol. The molecule has 0 aromatic carbocycles. The number of rotatable bonds is 7. The topological polar surface area (TPSA) is 38.0 Å². The van der Waals surface area contributed by atoms with E-state index >= 15 is 0 Å². The molecule has 0 saturated heterocycles. The summed E-state index contributed by atoms with van der Waals surface area (Å²) in [7, 11) is 0. The molecule has 0 aliphatic heterocycles. The van der Waals surface area contributed by atoms with Crippen molar-refractivity contribution in [3.8, 4) is 0 Å². The average molecular weight is 313 g/mol. The van der Waals surface area contributed by atoms with Gasteiger partial charge in [-0.25, -0.2) is 0 Å². The van der Waals surface area contributed by atoms with Gasteiger partial charge in [0, 0.05) is 17.1 Å². The summed E-state index contributed by atoms with van der Waals surface area (Å²) < 4.78 is 0. The molecule has 0 aliphatic carbocycles. The van der Waals surface area contributed by atoms with Gasteiger partial charge in [0.25, 0.3) is 0 Å². The zero-order chi connectivity index (χ0) is 18.2. The maximum atomic E-state index is 6.39. The summed E-state index contributed by atoms with van der Waals surface area (Å²) >= 11 is 0. The van der Waals surface area contributed by atoms with Crippen molar-refractivity contribution in [2.75, 3.05) is 0 Å². The Balaban J connectivity index is 4.98. The molecular weight excluding hydrogens is 268 g/mol. The Morgan fingerprint density at radius 3 is 1.50 bits per heavy atom. The van der Waals surface area contributed by atoms with Crippen LogP contribution < -0.4 is 11.1 Å². The van der Waals surface area contributed by atoms with Crippen LogP contribution in [-0.2, 0) is 0 Å². The summed E-state index contributed by atoms with van der Waals surface area (Å²) in [6, 6.07) is 0.457. The third-order valence-corrected chi connectivity index (χ3v) is 5.39. The first kappa shape index (κ1) is 21.9. The van der Waals surface area contributed by atoms with E-state index in [1.54, 1.807) is 0 Å². The molecule has 2 nitrogen and oxygen atoms in total. The van der Waals surface area contributed by atoms with Crippen molar-refractivity contribution < 1.29 is 0 Å². The number of nitrogens with two attached hydrogens (primary N) is 1. The zero-order valence-electron chi connectivity index (χ0n) is 17.6. The van der Waals surface area contributed by atoms with Crippen LogP contribution in [0.2, 0.25) is 0 Å². The molecule has 0 saturated carbocycles. The predicted octanol–water partition coefficient (Wildman–Crippen LogP) is 5.36. The van der Waals surface area contributed by atoms with Gasteiger partial charge < -0.3 is 11.1 Å². The van der Waals surface area contributed by atoms with E-state index in [9.17, 15) is 0 Å². The van der Waals surface area contributed by atoms with Gasteiger partial charge >= 0.3 is 0 Å². The van der Waals surface area contributed by atoms with Crippen molar-refractivity contribution in [1.29, 1.82) is 0 Å². The molecule has 0 rings (SSSR count). The molecule has 1 unspecified atom stereocenters. The van der Waals surface area contributed by atoms with Crippen LogP contribution in [0, 0.1) is 16.2 Å². The van der Waals surface area contributed by atoms with Crippen LogP contribution in [0.1, 0.15) is 95.9 Å². The van der Waals surface area contributed by atoms with Crippen LogP contribution >= 0.6 is 0 Å². The average Bonchev–Trinajstić information content (AvgIpc) is 2.07. The highest BCUT2D eigenvalue weighted by Crippen LogP contribution is 2.39. The van der Waals surface area contributed by atoms with Crippen molar-refractivity contribution in [3.63, 3.8) is 0 Å². The third kappa shape index (κ3) is 7.00. The number of hydrogen-bond acceptors (Lipinski definition) is 2. The molecule has 0 aromatic rings. The molecule has 0 radical (unpaired) electrons. The van der Waals surface area contributed by atoms with Gasteiger partial charge in [0.2, 0.25) is 0 Å². The summed E-state index contributed by atoms with van der Waals surface area (Å²) in [5.74, 6) is 0. The summed E-state index contributed by atoms with van der Waals surface area (Å²) in [6.45, 7) is 27.5. The number of hydrogen-bond donors (Lipinski definition) is 2. The quantitative estimate of drug-likeness (QED) is 0.664. The first-order valence-corrected chi connectivity index (χ1v) is 8.86. The van der Waals surface area contributed by atoms with Gasteiger partial charge in [0.15, 0.2) is 0 Å². The third-order valence-electron chi connectivity index (χ3n) is 5.39. The lowest BCUT2D eigenvalue weighted by molar-refractivity contribution is 0.0952. The van der Waals surface area contributed by atoms with E-state index in [0.29, 0.717) is 11.5 Å². The lowest BCUT2D eigenvalue weighted by atomic mass is 9.67. The fraction of sp³-hybridized carbons (Fsp3) is 1.00. The maximum Gasteiger partial charge on any atom is 0.0149 e. The van der Waals surface area contributed by atoms with Crippen LogP contribution in [0.3, 0.4) is 0 Å². The van der Waals surface area contributed by atoms with E-state index in [0.717, 1.165) is 6.42 Å². The molecule has 3 N–H and O–H groups in total. The largest absolute Gasteiger partial charge is 0.325 e. The van der Waals surface area contributed by atoms with Crippen LogP contribution in [0.15, 0.2) is 0 Å². The highest BCUT2D eigenvalue weighted by molar-refractivity contribution is 4.98. The molecule has 0 spiro atoms. The highest BCUT2D eigenvalue weighted by atomic mass is 15.0. The van der Waals surface area contributed by atoms with Gasteiger partial charge in [-0.1, -0.05) is 48.5 Å². The first-order chi connectivity index (χ1) is 9.29. The van der Waals surface area contributed by atoms with Gasteiger partial charge in [-0.2, -0.15) is 0 Å². The molecule has 22 heavy (non-hydrogen) atoms. The molecule has 0 heterocycles. The van der Waals surface area contributed by atoms with Gasteiger partial charge in [0.1, 0.15) is 0 Å². The van der Waals surface area contributed by atoms with Crippen LogP contribution in [0.25, 0.3) is 0 Å². The molecular formula is C20H44N2. The second kappa shape index (κ2) is 6.43. The maximum absolute atomic E-state index is 6.39. The lowest BCUT2D eigenvalue weighted by Gasteiger charge is -2.47. The second-order valence-electron chi connectivity index (χ2n) is 11.3. The van der Waals surface area contributed by atoms with E-state index < -0.39 is 0 Å². The van der Waals surface area contributed by atoms with Crippen molar-refractivity contribution in [1.82, 2.24) is 5.32 Å². The Bertz CT molecular complexity index is 351. The molecule has 0 amide bonds. The molecule has 0 aliphatic rings. The zero-order valence-corrected chi connectivity index (χ0v) is 17.6. The fourth-order valence-corrected chi connectivity index (χ4v) is 3.69. The lowest BCUT2D eigenvalue weighted by Crippen LogP contribution is -2.57. The van der Waals surface area contributed by atoms with Crippen LogP contribution in [0.4, 0.5) is 0 Å².